The zero-order valence-electron chi connectivity index (χ0n) is 38.8. The van der Waals surface area contributed by atoms with Gasteiger partial charge in [0.1, 0.15) is 0 Å². The third-order valence-electron chi connectivity index (χ3n) is 22.3. The van der Waals surface area contributed by atoms with Gasteiger partial charge in [-0.3, -0.25) is 0 Å². The van der Waals surface area contributed by atoms with E-state index in [1.807, 2.05) is 0 Å². The summed E-state index contributed by atoms with van der Waals surface area (Å²) in [4.78, 5) is 0. The van der Waals surface area contributed by atoms with Crippen LogP contribution in [0, 0.1) is 104 Å². The molecule has 2 bridgehead atoms. The highest BCUT2D eigenvalue weighted by atomic mass is 14.6. The second kappa shape index (κ2) is 15.6. The van der Waals surface area contributed by atoms with Gasteiger partial charge in [-0.15, -0.1) is 0 Å². The molecule has 8 saturated carbocycles. The first kappa shape index (κ1) is 42.6. The first-order valence-corrected chi connectivity index (χ1v) is 24.8. The summed E-state index contributed by atoms with van der Waals surface area (Å²) in [5.41, 5.74) is 3.94. The van der Waals surface area contributed by atoms with Crippen molar-refractivity contribution in [3.8, 4) is 0 Å². The fourth-order valence-corrected chi connectivity index (χ4v) is 17.7. The topological polar surface area (TPSA) is 0 Å². The van der Waals surface area contributed by atoms with E-state index >= 15 is 0 Å². The molecule has 0 amide bonds. The molecule has 8 rings (SSSR count). The molecule has 0 aromatic heterocycles. The Morgan fingerprint density at radius 2 is 0.925 bits per heavy atom. The third-order valence-corrected chi connectivity index (χ3v) is 22.3. The molecule has 0 aromatic rings. The van der Waals surface area contributed by atoms with Crippen LogP contribution in [-0.2, 0) is 0 Å². The van der Waals surface area contributed by atoms with Crippen molar-refractivity contribution < 1.29 is 0 Å². The van der Waals surface area contributed by atoms with Crippen LogP contribution in [0.25, 0.3) is 0 Å². The molecule has 0 aromatic carbocycles. The van der Waals surface area contributed by atoms with Crippen LogP contribution in [0.4, 0.5) is 0 Å². The fourth-order valence-electron chi connectivity index (χ4n) is 17.7. The van der Waals surface area contributed by atoms with Gasteiger partial charge in [-0.05, 0) is 213 Å². The normalized spacial score (nSPS) is 51.2. The van der Waals surface area contributed by atoms with Crippen molar-refractivity contribution in [3.63, 3.8) is 0 Å². The molecule has 0 N–H and O–H groups in total. The lowest BCUT2D eigenvalue weighted by Gasteiger charge is -2.62. The van der Waals surface area contributed by atoms with E-state index in [0.29, 0.717) is 32.5 Å². The lowest BCUT2D eigenvalue weighted by atomic mass is 9.43. The molecule has 0 radical (unpaired) electrons. The van der Waals surface area contributed by atoms with Crippen molar-refractivity contribution in [1.82, 2.24) is 0 Å². The largest absolute Gasteiger partial charge is 0.0649 e. The molecule has 308 valence electrons. The van der Waals surface area contributed by atoms with E-state index in [1.54, 1.807) is 38.5 Å². The lowest BCUT2D eigenvalue weighted by molar-refractivity contribution is -0.123. The van der Waals surface area contributed by atoms with Crippen LogP contribution in [0.2, 0.25) is 0 Å². The van der Waals surface area contributed by atoms with Crippen molar-refractivity contribution in [2.45, 2.75) is 232 Å². The third kappa shape index (κ3) is 7.35. The van der Waals surface area contributed by atoms with Gasteiger partial charge in [0, 0.05) is 0 Å². The highest BCUT2D eigenvalue weighted by Crippen LogP contribution is 2.69. The van der Waals surface area contributed by atoms with Gasteiger partial charge in [0.25, 0.3) is 0 Å². The summed E-state index contributed by atoms with van der Waals surface area (Å²) in [6, 6.07) is 0. The lowest BCUT2D eigenvalue weighted by Crippen LogP contribution is -2.53. The minimum Gasteiger partial charge on any atom is -0.0649 e. The van der Waals surface area contributed by atoms with Crippen LogP contribution in [0.3, 0.4) is 0 Å². The predicted octanol–water partition coefficient (Wildman–Crippen LogP) is 16.9. The summed E-state index contributed by atoms with van der Waals surface area (Å²) < 4.78 is 0. The summed E-state index contributed by atoms with van der Waals surface area (Å²) in [6.45, 7) is 35.3. The summed E-state index contributed by atoms with van der Waals surface area (Å²) >= 11 is 0. The van der Waals surface area contributed by atoms with E-state index in [1.165, 1.54) is 96.3 Å². The molecule has 53 heavy (non-hydrogen) atoms. The zero-order chi connectivity index (χ0) is 38.8. The van der Waals surface area contributed by atoms with E-state index in [2.05, 4.69) is 96.9 Å². The van der Waals surface area contributed by atoms with Crippen LogP contribution in [0.1, 0.15) is 232 Å². The van der Waals surface area contributed by atoms with E-state index < -0.39 is 0 Å². The van der Waals surface area contributed by atoms with Gasteiger partial charge in [-0.1, -0.05) is 123 Å². The zero-order valence-corrected chi connectivity index (χ0v) is 38.8. The van der Waals surface area contributed by atoms with Crippen molar-refractivity contribution in [2.75, 3.05) is 0 Å². The van der Waals surface area contributed by atoms with Crippen molar-refractivity contribution in [1.29, 1.82) is 0 Å². The summed E-state index contributed by atoms with van der Waals surface area (Å²) in [5.74, 6) is 12.1. The quantitative estimate of drug-likeness (QED) is 0.270. The Morgan fingerprint density at radius 1 is 0.491 bits per heavy atom. The van der Waals surface area contributed by atoms with Crippen LogP contribution in [-0.4, -0.2) is 0 Å². The molecule has 0 heterocycles. The van der Waals surface area contributed by atoms with Crippen LogP contribution < -0.4 is 0 Å². The van der Waals surface area contributed by atoms with E-state index in [9.17, 15) is 0 Å². The van der Waals surface area contributed by atoms with Crippen LogP contribution >= 0.6 is 0 Å². The van der Waals surface area contributed by atoms with Gasteiger partial charge < -0.3 is 0 Å². The Labute approximate surface area is 334 Å². The predicted molar refractivity (Wildman–Crippen MR) is 233 cm³/mol. The number of rotatable bonds is 4. The Hall–Kier alpha value is 0. The second-order valence-electron chi connectivity index (χ2n) is 24.9. The maximum Gasteiger partial charge on any atom is -0.0246 e. The molecule has 0 saturated heterocycles. The van der Waals surface area contributed by atoms with Gasteiger partial charge in [0.05, 0.1) is 0 Å². The molecule has 8 aliphatic carbocycles. The summed E-state index contributed by atoms with van der Waals surface area (Å²) in [6.07, 6.45) is 31.7. The Kier molecular flexibility index (Phi) is 12.6. The summed E-state index contributed by atoms with van der Waals surface area (Å²) in [7, 11) is 0. The Morgan fingerprint density at radius 3 is 1.23 bits per heavy atom. The average Bonchev–Trinajstić information content (AvgIpc) is 3.45. The van der Waals surface area contributed by atoms with E-state index in [-0.39, 0.29) is 0 Å². The molecule has 15 atom stereocenters. The van der Waals surface area contributed by atoms with Crippen LogP contribution in [0.5, 0.6) is 0 Å². The first-order valence-electron chi connectivity index (χ1n) is 24.8. The maximum absolute atomic E-state index is 2.71. The molecule has 0 spiro atoms. The molecule has 0 nitrogen and oxygen atoms in total. The minimum absolute atomic E-state index is 0.631. The molecular weight excluding hydrogens is 637 g/mol. The molecule has 8 aliphatic rings. The SMILES string of the molecule is CC1CC2CCC1(C)C2(C)C.CC[C@@]1(C)CCC[C@@]2(C)C3CCC(C(C)C)CC3CCC12.CC[C@@]1(C)CCC[C@]2(C)[C@H]3CC[C@H](C(C)C)C[C@H]3CC[C@@H]12. The maximum atomic E-state index is 2.71. The van der Waals surface area contributed by atoms with Gasteiger partial charge >= 0.3 is 0 Å². The van der Waals surface area contributed by atoms with Gasteiger partial charge in [-0.25, -0.2) is 0 Å². The standard InChI is InChI=1S/2C21H38.C11H20/c2*1-6-20(4)12-7-13-21(5)18-10-8-16(15(2)3)14-17(18)9-11-19(20)21;1-8-7-9-5-6-11(8,4)10(9,2)3/h2*15-19H,6-14H2,1-5H3;8-9H,5-7H2,1-4H3/t16?,17?,18?,19?,20-,21-;16-,17+,18-,19-,20-,21+;/m00./s1. The average molecular weight is 733 g/mol. The van der Waals surface area contributed by atoms with Gasteiger partial charge in [-0.2, -0.15) is 0 Å². The van der Waals surface area contributed by atoms with Gasteiger partial charge in [0.15, 0.2) is 0 Å². The molecule has 0 aliphatic heterocycles. The number of hydrogen-bond donors (Lipinski definition) is 0. The fraction of sp³-hybridized carbons (Fsp3) is 1.00. The minimum atomic E-state index is 0.631. The Bertz CT molecular complexity index is 1140. The number of fused-ring (bicyclic) bond motifs is 8. The van der Waals surface area contributed by atoms with E-state index in [0.717, 1.165) is 71.0 Å². The van der Waals surface area contributed by atoms with Crippen molar-refractivity contribution >= 4 is 0 Å². The number of hydrogen-bond acceptors (Lipinski definition) is 0. The molecule has 7 unspecified atom stereocenters. The molecule has 8 fully saturated rings. The monoisotopic (exact) mass is 733 g/mol. The van der Waals surface area contributed by atoms with Gasteiger partial charge in [0.2, 0.25) is 0 Å². The smallest absolute Gasteiger partial charge is 0.0246 e. The first-order chi connectivity index (χ1) is 24.8. The van der Waals surface area contributed by atoms with Crippen molar-refractivity contribution in [2.24, 2.45) is 104 Å². The highest BCUT2D eigenvalue weighted by molar-refractivity contribution is 5.09. The second-order valence-corrected chi connectivity index (χ2v) is 24.9. The van der Waals surface area contributed by atoms with Crippen molar-refractivity contribution in [3.05, 3.63) is 0 Å². The summed E-state index contributed by atoms with van der Waals surface area (Å²) in [5, 5.41) is 0. The van der Waals surface area contributed by atoms with E-state index in [4.69, 9.17) is 0 Å². The van der Waals surface area contributed by atoms with Crippen LogP contribution in [0.15, 0.2) is 0 Å². The molecular formula is C53H96. The Balaban J connectivity index is 0.000000143. The molecule has 0 heteroatoms. The highest BCUT2D eigenvalue weighted by Gasteiger charge is 2.60.